The van der Waals surface area contributed by atoms with E-state index in [9.17, 15) is 5.11 Å². The van der Waals surface area contributed by atoms with Gasteiger partial charge in [0.2, 0.25) is 0 Å². The van der Waals surface area contributed by atoms with Crippen molar-refractivity contribution in [1.29, 1.82) is 0 Å². The van der Waals surface area contributed by atoms with Crippen LogP contribution in [0, 0.1) is 0 Å². The lowest BCUT2D eigenvalue weighted by atomic mass is 10.2. The van der Waals surface area contributed by atoms with Gasteiger partial charge in [0.25, 0.3) is 0 Å². The Kier molecular flexibility index (Phi) is 6.55. The van der Waals surface area contributed by atoms with E-state index in [1.165, 1.54) is 12.3 Å². The molecule has 0 saturated carbocycles. The highest BCUT2D eigenvalue weighted by Crippen LogP contribution is 2.19. The van der Waals surface area contributed by atoms with Crippen LogP contribution in [0.5, 0.6) is 5.75 Å². The van der Waals surface area contributed by atoms with Gasteiger partial charge in [-0.25, -0.2) is 0 Å². The zero-order valence-electron chi connectivity index (χ0n) is 10.7. The lowest BCUT2D eigenvalue weighted by Crippen LogP contribution is -2.40. The molecule has 1 atom stereocenters. The molecule has 19 heavy (non-hydrogen) atoms. The van der Waals surface area contributed by atoms with E-state index in [1.54, 1.807) is 19.2 Å². The van der Waals surface area contributed by atoms with Crippen molar-refractivity contribution in [2.75, 3.05) is 13.7 Å². The van der Waals surface area contributed by atoms with E-state index in [2.05, 4.69) is 15.8 Å². The Morgan fingerprint density at radius 2 is 2.37 bits per heavy atom. The van der Waals surface area contributed by atoms with E-state index in [0.717, 1.165) is 0 Å². The highest BCUT2D eigenvalue weighted by molar-refractivity contribution is 7.80. The first kappa shape index (κ1) is 15.7. The molecule has 0 saturated heterocycles. The number of phenolic OH excluding ortho intramolecular Hbond substituents is 1. The molecule has 1 aromatic rings. The zero-order valence-corrected chi connectivity index (χ0v) is 12.3. The molecule has 0 fully saturated rings. The van der Waals surface area contributed by atoms with Gasteiger partial charge in [-0.15, -0.1) is 0 Å². The Bertz CT molecular complexity index is 468. The van der Waals surface area contributed by atoms with Gasteiger partial charge in [0.15, 0.2) is 5.11 Å². The molecule has 0 aliphatic carbocycles. The number of thiocarbonyl (C=S) groups is 1. The Labute approximate surface area is 122 Å². The van der Waals surface area contributed by atoms with Crippen LogP contribution < -0.4 is 10.7 Å². The van der Waals surface area contributed by atoms with Crippen LogP contribution in [0.4, 0.5) is 0 Å². The van der Waals surface area contributed by atoms with Crippen molar-refractivity contribution in [1.82, 2.24) is 10.7 Å². The average Bonchev–Trinajstić information content (AvgIpc) is 2.33. The Hall–Kier alpha value is -1.37. The van der Waals surface area contributed by atoms with Gasteiger partial charge in [0, 0.05) is 23.7 Å². The fraction of sp³-hybridized carbons (Fsp3) is 0.333. The maximum atomic E-state index is 9.57. The normalized spacial score (nSPS) is 12.4. The molecule has 1 aromatic carbocycles. The number of methoxy groups -OCH3 is 1. The number of benzene rings is 1. The first-order chi connectivity index (χ1) is 9.02. The number of hydrazone groups is 1. The molecule has 3 N–H and O–H groups in total. The lowest BCUT2D eigenvalue weighted by Gasteiger charge is -2.13. The third kappa shape index (κ3) is 5.87. The summed E-state index contributed by atoms with van der Waals surface area (Å²) in [7, 11) is 1.62. The molecule has 0 spiro atoms. The van der Waals surface area contributed by atoms with Crippen LogP contribution in [0.1, 0.15) is 12.5 Å². The van der Waals surface area contributed by atoms with Gasteiger partial charge in [-0.1, -0.05) is 11.6 Å². The van der Waals surface area contributed by atoms with Crippen molar-refractivity contribution in [2.24, 2.45) is 5.10 Å². The molecule has 0 amide bonds. The standard InChI is InChI=1S/C12H16ClN3O2S/c1-8(7-18-2)15-12(19)16-14-6-9-5-10(13)3-4-11(9)17/h3-6,8,17H,7H2,1-2H3,(H2,15,16,19)/b14-6+/t8-/m0/s1. The maximum Gasteiger partial charge on any atom is 0.187 e. The zero-order chi connectivity index (χ0) is 14.3. The van der Waals surface area contributed by atoms with E-state index in [0.29, 0.717) is 22.3 Å². The number of nitrogens with one attached hydrogen (secondary N) is 2. The minimum atomic E-state index is 0.0831. The predicted octanol–water partition coefficient (Wildman–Crippen LogP) is 1.88. The van der Waals surface area contributed by atoms with Crippen LogP contribution in [-0.4, -0.2) is 36.2 Å². The second-order valence-corrected chi connectivity index (χ2v) is 4.75. The van der Waals surface area contributed by atoms with E-state index < -0.39 is 0 Å². The van der Waals surface area contributed by atoms with E-state index in [1.807, 2.05) is 6.92 Å². The number of halogens is 1. The molecule has 0 aliphatic heterocycles. The topological polar surface area (TPSA) is 65.9 Å². The number of rotatable bonds is 5. The second kappa shape index (κ2) is 7.93. The molecule has 1 rings (SSSR count). The molecule has 0 aromatic heterocycles. The van der Waals surface area contributed by atoms with Gasteiger partial charge in [0.05, 0.1) is 12.8 Å². The summed E-state index contributed by atoms with van der Waals surface area (Å²) < 4.78 is 4.97. The van der Waals surface area contributed by atoms with Gasteiger partial charge >= 0.3 is 0 Å². The van der Waals surface area contributed by atoms with Crippen molar-refractivity contribution in [2.45, 2.75) is 13.0 Å². The third-order valence-corrected chi connectivity index (χ3v) is 2.60. The van der Waals surface area contributed by atoms with Gasteiger partial charge in [-0.05, 0) is 37.3 Å². The molecule has 0 heterocycles. The molecule has 0 bridgehead atoms. The number of hydrogen-bond donors (Lipinski definition) is 3. The number of hydrogen-bond acceptors (Lipinski definition) is 4. The van der Waals surface area contributed by atoms with Crippen molar-refractivity contribution in [3.05, 3.63) is 28.8 Å². The smallest absolute Gasteiger partial charge is 0.187 e. The summed E-state index contributed by atoms with van der Waals surface area (Å²) in [5.74, 6) is 0.0987. The summed E-state index contributed by atoms with van der Waals surface area (Å²) in [6.07, 6.45) is 1.44. The second-order valence-electron chi connectivity index (χ2n) is 3.90. The van der Waals surface area contributed by atoms with Gasteiger partial charge in [0.1, 0.15) is 5.75 Å². The molecule has 104 valence electrons. The summed E-state index contributed by atoms with van der Waals surface area (Å²) in [5.41, 5.74) is 3.15. The predicted molar refractivity (Wildman–Crippen MR) is 80.9 cm³/mol. The van der Waals surface area contributed by atoms with Crippen LogP contribution >= 0.6 is 23.8 Å². The minimum Gasteiger partial charge on any atom is -0.507 e. The molecular formula is C12H16ClN3O2S. The van der Waals surface area contributed by atoms with E-state index in [4.69, 9.17) is 28.6 Å². The van der Waals surface area contributed by atoms with Gasteiger partial charge < -0.3 is 15.2 Å². The lowest BCUT2D eigenvalue weighted by molar-refractivity contribution is 0.179. The Balaban J connectivity index is 2.49. The first-order valence-corrected chi connectivity index (χ1v) is 6.38. The Morgan fingerprint density at radius 1 is 1.63 bits per heavy atom. The van der Waals surface area contributed by atoms with Crippen LogP contribution in [0.3, 0.4) is 0 Å². The summed E-state index contributed by atoms with van der Waals surface area (Å²) in [5, 5.41) is 17.4. The van der Waals surface area contributed by atoms with E-state index in [-0.39, 0.29) is 11.8 Å². The average molecular weight is 302 g/mol. The number of aromatic hydroxyl groups is 1. The fourth-order valence-corrected chi connectivity index (χ4v) is 1.77. The molecule has 0 unspecified atom stereocenters. The SMILES string of the molecule is COC[C@H](C)NC(=S)N/N=C/c1cc(Cl)ccc1O. The summed E-state index contributed by atoms with van der Waals surface area (Å²) in [6, 6.07) is 4.78. The number of ether oxygens (including phenoxy) is 1. The number of phenols is 1. The maximum absolute atomic E-state index is 9.57. The summed E-state index contributed by atoms with van der Waals surface area (Å²) in [4.78, 5) is 0. The van der Waals surface area contributed by atoms with Crippen LogP contribution in [0.2, 0.25) is 5.02 Å². The molecule has 5 nitrogen and oxygen atoms in total. The highest BCUT2D eigenvalue weighted by atomic mass is 35.5. The summed E-state index contributed by atoms with van der Waals surface area (Å²) >= 11 is 10.9. The monoisotopic (exact) mass is 301 g/mol. The van der Waals surface area contributed by atoms with Crippen molar-refractivity contribution >= 4 is 35.1 Å². The summed E-state index contributed by atoms with van der Waals surface area (Å²) in [6.45, 7) is 2.48. The molecule has 0 aliphatic rings. The largest absolute Gasteiger partial charge is 0.507 e. The molecule has 0 radical (unpaired) electrons. The molecular weight excluding hydrogens is 286 g/mol. The van der Waals surface area contributed by atoms with Crippen molar-refractivity contribution in [3.8, 4) is 5.75 Å². The quantitative estimate of drug-likeness (QED) is 0.440. The van der Waals surface area contributed by atoms with Crippen LogP contribution in [0.25, 0.3) is 0 Å². The first-order valence-electron chi connectivity index (χ1n) is 5.60. The molecule has 7 heteroatoms. The Morgan fingerprint density at radius 3 is 3.05 bits per heavy atom. The van der Waals surface area contributed by atoms with Gasteiger partial charge in [-0.3, -0.25) is 5.43 Å². The van der Waals surface area contributed by atoms with Crippen LogP contribution in [-0.2, 0) is 4.74 Å². The van der Waals surface area contributed by atoms with Crippen molar-refractivity contribution < 1.29 is 9.84 Å². The van der Waals surface area contributed by atoms with Crippen molar-refractivity contribution in [3.63, 3.8) is 0 Å². The van der Waals surface area contributed by atoms with Crippen LogP contribution in [0.15, 0.2) is 23.3 Å². The van der Waals surface area contributed by atoms with Gasteiger partial charge in [-0.2, -0.15) is 5.10 Å². The fourth-order valence-electron chi connectivity index (χ4n) is 1.34. The highest BCUT2D eigenvalue weighted by Gasteiger charge is 2.02. The number of nitrogens with zero attached hydrogens (tertiary/aromatic N) is 1. The third-order valence-electron chi connectivity index (χ3n) is 2.15. The minimum absolute atomic E-state index is 0.0831. The van der Waals surface area contributed by atoms with E-state index >= 15 is 0 Å².